The molecule has 3 rings (SSSR count). The summed E-state index contributed by atoms with van der Waals surface area (Å²) in [6.45, 7) is 0.405. The highest BCUT2D eigenvalue weighted by Gasteiger charge is 2.09. The number of hydrogen-bond acceptors (Lipinski definition) is 5. The zero-order valence-electron chi connectivity index (χ0n) is 13.7. The van der Waals surface area contributed by atoms with E-state index in [1.165, 1.54) is 6.07 Å². The monoisotopic (exact) mass is 373 g/mol. The lowest BCUT2D eigenvalue weighted by atomic mass is 10.1. The third kappa shape index (κ3) is 4.22. The predicted octanol–water partition coefficient (Wildman–Crippen LogP) is 2.99. The highest BCUT2D eigenvalue weighted by atomic mass is 35.5. The second kappa shape index (κ2) is 8.03. The number of primary amides is 1. The maximum Gasteiger partial charge on any atom is 0.243 e. The first kappa shape index (κ1) is 18.0. The number of halogens is 1. The lowest BCUT2D eigenvalue weighted by molar-refractivity contribution is -0.122. The number of para-hydroxylation sites is 1. The van der Waals surface area contributed by atoms with Crippen LogP contribution in [0, 0.1) is 0 Å². The summed E-state index contributed by atoms with van der Waals surface area (Å²) in [5.74, 6) is 0.524. The number of carbonyl (C=O) groups excluding carboxylic acids is 1. The molecule has 2 N–H and O–H groups in total. The van der Waals surface area contributed by atoms with Crippen molar-refractivity contribution in [3.8, 4) is 17.1 Å². The summed E-state index contributed by atoms with van der Waals surface area (Å²) in [4.78, 5) is 22.8. The van der Waals surface area contributed by atoms with Crippen molar-refractivity contribution in [1.29, 1.82) is 0 Å². The van der Waals surface area contributed by atoms with E-state index < -0.39 is 5.91 Å². The standard InChI is InChI=1S/C19H16ClNO5/c20-15-3-1-2-14-16(22)10-17(26-19(14)15)12-4-6-13(7-5-12)25-9-8-24-11-18(21)23/h1-7,10H,8-9,11H2,(H2,21,23). The Labute approximate surface area is 154 Å². The van der Waals surface area contributed by atoms with Crippen LogP contribution < -0.4 is 15.9 Å². The summed E-state index contributed by atoms with van der Waals surface area (Å²) < 4.78 is 16.3. The molecule has 0 aliphatic heterocycles. The minimum atomic E-state index is -0.522. The van der Waals surface area contributed by atoms with Crippen LogP contribution in [0.5, 0.6) is 5.75 Å². The molecule has 6 nitrogen and oxygen atoms in total. The van der Waals surface area contributed by atoms with E-state index >= 15 is 0 Å². The zero-order chi connectivity index (χ0) is 18.5. The number of rotatable bonds is 7. The first-order valence-corrected chi connectivity index (χ1v) is 8.24. The summed E-state index contributed by atoms with van der Waals surface area (Å²) in [6, 6.07) is 13.6. The first-order valence-electron chi connectivity index (χ1n) is 7.86. The Hall–Kier alpha value is -2.83. The third-order valence-electron chi connectivity index (χ3n) is 3.59. The van der Waals surface area contributed by atoms with Gasteiger partial charge in [-0.2, -0.15) is 0 Å². The quantitative estimate of drug-likeness (QED) is 0.643. The maximum absolute atomic E-state index is 12.3. The predicted molar refractivity (Wildman–Crippen MR) is 98.4 cm³/mol. The van der Waals surface area contributed by atoms with E-state index in [4.69, 9.17) is 31.2 Å². The highest BCUT2D eigenvalue weighted by molar-refractivity contribution is 6.34. The Bertz CT molecular complexity index is 981. The fourth-order valence-corrected chi connectivity index (χ4v) is 2.60. The van der Waals surface area contributed by atoms with Crippen LogP contribution in [0.15, 0.2) is 57.7 Å². The van der Waals surface area contributed by atoms with Crippen LogP contribution in [0.3, 0.4) is 0 Å². The normalized spacial score (nSPS) is 10.8. The Balaban J connectivity index is 1.72. The number of benzene rings is 2. The molecule has 0 saturated carbocycles. The second-order valence-corrected chi connectivity index (χ2v) is 5.89. The Morgan fingerprint density at radius 1 is 1.12 bits per heavy atom. The van der Waals surface area contributed by atoms with Crippen molar-refractivity contribution < 1.29 is 18.7 Å². The summed E-state index contributed by atoms with van der Waals surface area (Å²) in [7, 11) is 0. The average Bonchev–Trinajstić information content (AvgIpc) is 2.62. The number of carbonyl (C=O) groups is 1. The lowest BCUT2D eigenvalue weighted by Crippen LogP contribution is -2.20. The minimum Gasteiger partial charge on any atom is -0.491 e. The average molecular weight is 374 g/mol. The van der Waals surface area contributed by atoms with Gasteiger partial charge in [0, 0.05) is 11.6 Å². The molecule has 0 bridgehead atoms. The van der Waals surface area contributed by atoms with E-state index in [0.717, 1.165) is 5.56 Å². The van der Waals surface area contributed by atoms with Crippen molar-refractivity contribution in [1.82, 2.24) is 0 Å². The number of ether oxygens (including phenoxy) is 2. The summed E-state index contributed by atoms with van der Waals surface area (Å²) in [6.07, 6.45) is 0. The molecule has 1 aromatic heterocycles. The molecule has 2 aromatic carbocycles. The van der Waals surface area contributed by atoms with Gasteiger partial charge in [-0.05, 0) is 36.4 Å². The van der Waals surface area contributed by atoms with Crippen molar-refractivity contribution in [2.45, 2.75) is 0 Å². The fraction of sp³-hybridized carbons (Fsp3) is 0.158. The molecule has 134 valence electrons. The van der Waals surface area contributed by atoms with Crippen LogP contribution in [0.1, 0.15) is 0 Å². The lowest BCUT2D eigenvalue weighted by Gasteiger charge is -2.08. The van der Waals surface area contributed by atoms with Crippen LogP contribution >= 0.6 is 11.6 Å². The van der Waals surface area contributed by atoms with Gasteiger partial charge in [-0.3, -0.25) is 9.59 Å². The number of nitrogens with two attached hydrogens (primary N) is 1. The van der Waals surface area contributed by atoms with Gasteiger partial charge in [0.2, 0.25) is 5.91 Å². The molecule has 26 heavy (non-hydrogen) atoms. The van der Waals surface area contributed by atoms with Crippen LogP contribution in [0.25, 0.3) is 22.3 Å². The molecule has 1 amide bonds. The van der Waals surface area contributed by atoms with E-state index in [-0.39, 0.29) is 25.2 Å². The molecule has 3 aromatic rings. The molecule has 0 aliphatic rings. The maximum atomic E-state index is 12.3. The van der Waals surface area contributed by atoms with E-state index in [1.807, 2.05) is 0 Å². The summed E-state index contributed by atoms with van der Waals surface area (Å²) in [5, 5.41) is 0.828. The van der Waals surface area contributed by atoms with Gasteiger partial charge >= 0.3 is 0 Å². The SMILES string of the molecule is NC(=O)COCCOc1ccc(-c2cc(=O)c3cccc(Cl)c3o2)cc1. The van der Waals surface area contributed by atoms with Crippen LogP contribution in [-0.4, -0.2) is 25.7 Å². The molecule has 0 atom stereocenters. The fourth-order valence-electron chi connectivity index (χ4n) is 2.39. The van der Waals surface area contributed by atoms with Crippen LogP contribution in [0.4, 0.5) is 0 Å². The first-order chi connectivity index (χ1) is 12.5. The topological polar surface area (TPSA) is 91.8 Å². The van der Waals surface area contributed by atoms with E-state index in [2.05, 4.69) is 0 Å². The Morgan fingerprint density at radius 3 is 2.62 bits per heavy atom. The number of amides is 1. The smallest absolute Gasteiger partial charge is 0.243 e. The van der Waals surface area contributed by atoms with Crippen LogP contribution in [0.2, 0.25) is 5.02 Å². The van der Waals surface area contributed by atoms with Crippen molar-refractivity contribution >= 4 is 28.5 Å². The van der Waals surface area contributed by atoms with Gasteiger partial charge in [-0.25, -0.2) is 0 Å². The zero-order valence-corrected chi connectivity index (χ0v) is 14.5. The van der Waals surface area contributed by atoms with Gasteiger partial charge in [-0.15, -0.1) is 0 Å². The molecular weight excluding hydrogens is 358 g/mol. The van der Waals surface area contributed by atoms with Gasteiger partial charge in [0.1, 0.15) is 24.7 Å². The molecule has 0 radical (unpaired) electrons. The van der Waals surface area contributed by atoms with E-state index in [9.17, 15) is 9.59 Å². The van der Waals surface area contributed by atoms with Gasteiger partial charge in [0.15, 0.2) is 11.0 Å². The molecule has 1 heterocycles. The molecule has 0 saturated heterocycles. The van der Waals surface area contributed by atoms with Gasteiger partial charge in [-0.1, -0.05) is 17.7 Å². The van der Waals surface area contributed by atoms with Crippen molar-refractivity contribution in [3.05, 3.63) is 63.8 Å². The molecule has 0 unspecified atom stereocenters. The van der Waals surface area contributed by atoms with Crippen LogP contribution in [-0.2, 0) is 9.53 Å². The third-order valence-corrected chi connectivity index (χ3v) is 3.88. The number of fused-ring (bicyclic) bond motifs is 1. The highest BCUT2D eigenvalue weighted by Crippen LogP contribution is 2.27. The number of hydrogen-bond donors (Lipinski definition) is 1. The van der Waals surface area contributed by atoms with Crippen molar-refractivity contribution in [3.63, 3.8) is 0 Å². The van der Waals surface area contributed by atoms with E-state index in [0.29, 0.717) is 27.5 Å². The molecule has 0 aliphatic carbocycles. The van der Waals surface area contributed by atoms with Gasteiger partial charge in [0.05, 0.1) is 17.0 Å². The Morgan fingerprint density at radius 2 is 1.88 bits per heavy atom. The minimum absolute atomic E-state index is 0.133. The van der Waals surface area contributed by atoms with E-state index in [1.54, 1.807) is 42.5 Å². The van der Waals surface area contributed by atoms with Gasteiger partial charge in [0.25, 0.3) is 0 Å². The molecule has 7 heteroatoms. The molecular formula is C19H16ClNO5. The molecule has 0 spiro atoms. The summed E-state index contributed by atoms with van der Waals surface area (Å²) >= 11 is 6.12. The second-order valence-electron chi connectivity index (χ2n) is 5.48. The summed E-state index contributed by atoms with van der Waals surface area (Å²) in [5.41, 5.74) is 5.90. The van der Waals surface area contributed by atoms with Crippen molar-refractivity contribution in [2.24, 2.45) is 5.73 Å². The van der Waals surface area contributed by atoms with Crippen molar-refractivity contribution in [2.75, 3.05) is 19.8 Å². The largest absolute Gasteiger partial charge is 0.491 e. The Kier molecular flexibility index (Phi) is 5.55. The van der Waals surface area contributed by atoms with Gasteiger partial charge < -0.3 is 19.6 Å². The molecule has 0 fully saturated rings.